The lowest BCUT2D eigenvalue weighted by atomic mass is 9.71. The van der Waals surface area contributed by atoms with Gasteiger partial charge in [0.2, 0.25) is 0 Å². The number of halogens is 1. The zero-order chi connectivity index (χ0) is 15.3. The summed E-state index contributed by atoms with van der Waals surface area (Å²) in [5.74, 6) is 0.873. The van der Waals surface area contributed by atoms with Gasteiger partial charge in [-0.2, -0.15) is 0 Å². The molecule has 2 N–H and O–H groups in total. The molecule has 1 aliphatic rings. The van der Waals surface area contributed by atoms with Crippen molar-refractivity contribution >= 4 is 15.9 Å². The van der Waals surface area contributed by atoms with Crippen molar-refractivity contribution in [1.29, 1.82) is 0 Å². The molecule has 0 aliphatic heterocycles. The Labute approximate surface area is 136 Å². The molecular weight excluding hydrogens is 330 g/mol. The fourth-order valence-corrected chi connectivity index (χ4v) is 2.93. The first kappa shape index (κ1) is 16.8. The first-order chi connectivity index (χ1) is 9.89. The number of nitrogens with one attached hydrogen (secondary N) is 1. The third-order valence-corrected chi connectivity index (χ3v) is 4.88. The Balaban J connectivity index is 1.62. The van der Waals surface area contributed by atoms with E-state index in [1.54, 1.807) is 0 Å². The van der Waals surface area contributed by atoms with E-state index in [2.05, 4.69) is 35.1 Å². The predicted octanol–water partition coefficient (Wildman–Crippen LogP) is 3.75. The highest BCUT2D eigenvalue weighted by molar-refractivity contribution is 9.10. The zero-order valence-corrected chi connectivity index (χ0v) is 14.6. The number of benzene rings is 1. The molecule has 1 aromatic carbocycles. The van der Waals surface area contributed by atoms with Crippen molar-refractivity contribution < 1.29 is 9.84 Å². The van der Waals surface area contributed by atoms with Gasteiger partial charge in [-0.3, -0.25) is 0 Å². The molecule has 1 fully saturated rings. The van der Waals surface area contributed by atoms with Gasteiger partial charge in [0.05, 0.1) is 5.60 Å². The lowest BCUT2D eigenvalue weighted by molar-refractivity contribution is -0.0245. The third kappa shape index (κ3) is 5.61. The molecule has 0 radical (unpaired) electrons. The van der Waals surface area contributed by atoms with Gasteiger partial charge in [-0.1, -0.05) is 29.8 Å². The minimum absolute atomic E-state index is 0.386. The van der Waals surface area contributed by atoms with Crippen molar-refractivity contribution in [3.63, 3.8) is 0 Å². The van der Waals surface area contributed by atoms with Gasteiger partial charge in [0.1, 0.15) is 12.4 Å². The minimum atomic E-state index is -0.535. The molecule has 118 valence electrons. The second-order valence-corrected chi connectivity index (χ2v) is 7.78. The van der Waals surface area contributed by atoms with Crippen LogP contribution in [0, 0.1) is 5.41 Å². The van der Waals surface area contributed by atoms with E-state index < -0.39 is 5.60 Å². The number of aliphatic hydroxyl groups is 1. The minimum Gasteiger partial charge on any atom is -0.492 e. The topological polar surface area (TPSA) is 41.5 Å². The molecule has 1 aromatic rings. The molecule has 0 heterocycles. The predicted molar refractivity (Wildman–Crippen MR) is 89.7 cm³/mol. The van der Waals surface area contributed by atoms with Crippen LogP contribution in [0.4, 0.5) is 0 Å². The van der Waals surface area contributed by atoms with Crippen LogP contribution in [0.5, 0.6) is 5.75 Å². The summed E-state index contributed by atoms with van der Waals surface area (Å²) in [6.45, 7) is 6.59. The van der Waals surface area contributed by atoms with Crippen molar-refractivity contribution in [3.05, 3.63) is 28.7 Å². The van der Waals surface area contributed by atoms with Crippen LogP contribution in [0.25, 0.3) is 0 Å². The Morgan fingerprint density at radius 2 is 1.76 bits per heavy atom. The van der Waals surface area contributed by atoms with Gasteiger partial charge in [0.15, 0.2) is 0 Å². The molecular formula is C17H26BrNO2. The van der Waals surface area contributed by atoms with Crippen LogP contribution in [0.15, 0.2) is 28.7 Å². The average molecular weight is 356 g/mol. The van der Waals surface area contributed by atoms with E-state index in [0.717, 1.165) is 42.5 Å². The monoisotopic (exact) mass is 355 g/mol. The summed E-state index contributed by atoms with van der Waals surface area (Å²) in [6, 6.07) is 7.83. The van der Waals surface area contributed by atoms with E-state index in [-0.39, 0.29) is 0 Å². The molecule has 0 saturated heterocycles. The van der Waals surface area contributed by atoms with E-state index in [4.69, 9.17) is 4.74 Å². The second-order valence-electron chi connectivity index (χ2n) is 6.87. The maximum absolute atomic E-state index is 10.5. The molecule has 0 bridgehead atoms. The van der Waals surface area contributed by atoms with Gasteiger partial charge >= 0.3 is 0 Å². The highest BCUT2D eigenvalue weighted by atomic mass is 79.9. The van der Waals surface area contributed by atoms with Crippen LogP contribution in [0.2, 0.25) is 0 Å². The van der Waals surface area contributed by atoms with Crippen molar-refractivity contribution in [2.75, 3.05) is 19.7 Å². The number of rotatable bonds is 6. The van der Waals surface area contributed by atoms with Crippen molar-refractivity contribution in [3.8, 4) is 5.75 Å². The fraction of sp³-hybridized carbons (Fsp3) is 0.647. The van der Waals surface area contributed by atoms with Crippen LogP contribution in [0.1, 0.15) is 39.5 Å². The fourth-order valence-electron chi connectivity index (χ4n) is 2.66. The number of hydrogen-bond donors (Lipinski definition) is 2. The summed E-state index contributed by atoms with van der Waals surface area (Å²) >= 11 is 3.40. The van der Waals surface area contributed by atoms with E-state index in [9.17, 15) is 5.11 Å². The molecule has 0 spiro atoms. The summed E-state index contributed by atoms with van der Waals surface area (Å²) in [5.41, 5.74) is -0.149. The summed E-state index contributed by atoms with van der Waals surface area (Å²) in [7, 11) is 0. The summed E-state index contributed by atoms with van der Waals surface area (Å²) < 4.78 is 6.70. The molecule has 1 saturated carbocycles. The van der Waals surface area contributed by atoms with Gasteiger partial charge in [0.25, 0.3) is 0 Å². The molecule has 21 heavy (non-hydrogen) atoms. The highest BCUT2D eigenvalue weighted by Crippen LogP contribution is 2.39. The third-order valence-electron chi connectivity index (χ3n) is 4.35. The number of ether oxygens (including phenoxy) is 1. The summed E-state index contributed by atoms with van der Waals surface area (Å²) in [5, 5.41) is 13.9. The van der Waals surface area contributed by atoms with E-state index >= 15 is 0 Å². The molecule has 0 aromatic heterocycles. The maximum Gasteiger partial charge on any atom is 0.119 e. The molecule has 2 rings (SSSR count). The van der Waals surface area contributed by atoms with Crippen molar-refractivity contribution in [1.82, 2.24) is 5.32 Å². The number of hydrogen-bond acceptors (Lipinski definition) is 3. The Morgan fingerprint density at radius 3 is 2.38 bits per heavy atom. The van der Waals surface area contributed by atoms with Crippen LogP contribution >= 0.6 is 15.9 Å². The first-order valence-electron chi connectivity index (χ1n) is 7.70. The lowest BCUT2D eigenvalue weighted by Gasteiger charge is -2.40. The first-order valence-corrected chi connectivity index (χ1v) is 8.49. The van der Waals surface area contributed by atoms with Gasteiger partial charge < -0.3 is 15.2 Å². The molecule has 0 amide bonds. The smallest absolute Gasteiger partial charge is 0.119 e. The molecule has 1 aliphatic carbocycles. The highest BCUT2D eigenvalue weighted by Gasteiger charge is 2.36. The van der Waals surface area contributed by atoms with E-state index in [1.165, 1.54) is 0 Å². The second kappa shape index (κ2) is 7.12. The Kier molecular flexibility index (Phi) is 5.69. The van der Waals surface area contributed by atoms with Crippen LogP contribution in [-0.2, 0) is 0 Å². The SMILES string of the molecule is CC1(C)CCC(O)(CNCCOc2ccc(Br)cc2)CC1. The largest absolute Gasteiger partial charge is 0.492 e. The Bertz CT molecular complexity index is 435. The normalized spacial score (nSPS) is 20.2. The van der Waals surface area contributed by atoms with Crippen LogP contribution < -0.4 is 10.1 Å². The maximum atomic E-state index is 10.5. The molecule has 0 atom stereocenters. The quantitative estimate of drug-likeness (QED) is 0.763. The van der Waals surface area contributed by atoms with Crippen LogP contribution in [-0.4, -0.2) is 30.4 Å². The average Bonchev–Trinajstić information content (AvgIpc) is 2.45. The Hall–Kier alpha value is -0.580. The van der Waals surface area contributed by atoms with E-state index in [1.807, 2.05) is 24.3 Å². The van der Waals surface area contributed by atoms with Gasteiger partial charge in [-0.05, 0) is 55.4 Å². The summed E-state index contributed by atoms with van der Waals surface area (Å²) in [4.78, 5) is 0. The van der Waals surface area contributed by atoms with Crippen LogP contribution in [0.3, 0.4) is 0 Å². The lowest BCUT2D eigenvalue weighted by Crippen LogP contribution is -2.45. The van der Waals surface area contributed by atoms with Gasteiger partial charge in [-0.25, -0.2) is 0 Å². The molecule has 0 unspecified atom stereocenters. The van der Waals surface area contributed by atoms with Crippen molar-refractivity contribution in [2.24, 2.45) is 5.41 Å². The Morgan fingerprint density at radius 1 is 1.14 bits per heavy atom. The van der Waals surface area contributed by atoms with Crippen molar-refractivity contribution in [2.45, 2.75) is 45.1 Å². The summed E-state index contributed by atoms with van der Waals surface area (Å²) in [6.07, 6.45) is 3.97. The van der Waals surface area contributed by atoms with E-state index in [0.29, 0.717) is 18.6 Å². The standard InChI is InChI=1S/C17H26BrNO2/c1-16(2)7-9-17(20,10-8-16)13-19-11-12-21-15-5-3-14(18)4-6-15/h3-6,19-20H,7-13H2,1-2H3. The zero-order valence-electron chi connectivity index (χ0n) is 13.0. The van der Waals surface area contributed by atoms with Gasteiger partial charge in [0, 0.05) is 17.6 Å². The van der Waals surface area contributed by atoms with Gasteiger partial charge in [-0.15, -0.1) is 0 Å². The molecule has 4 heteroatoms. The molecule has 3 nitrogen and oxygen atoms in total.